The zero-order valence-electron chi connectivity index (χ0n) is 20.8. The molecule has 1 heterocycles. The van der Waals surface area contributed by atoms with Crippen molar-refractivity contribution in [2.45, 2.75) is 52.6 Å². The molecule has 3 aromatic rings. The fourth-order valence-corrected chi connectivity index (χ4v) is 6.03. The van der Waals surface area contributed by atoms with Gasteiger partial charge in [-0.05, 0) is 64.4 Å². The van der Waals surface area contributed by atoms with E-state index in [1.165, 1.54) is 0 Å². The first-order chi connectivity index (χ1) is 16.1. The SMILES string of the molecule is COc1ccc(C(Nc2c(C)n(C)n(-c3ccccc3)c2=O)P(=O)(OC(C)C)OC(C)C)cc1. The van der Waals surface area contributed by atoms with Crippen LogP contribution in [0.4, 0.5) is 5.69 Å². The van der Waals surface area contributed by atoms with Crippen LogP contribution in [0.15, 0.2) is 59.4 Å². The Morgan fingerprint density at radius 1 is 0.912 bits per heavy atom. The van der Waals surface area contributed by atoms with Gasteiger partial charge in [-0.1, -0.05) is 30.3 Å². The molecular weight excluding hydrogens is 453 g/mol. The molecular formula is C25H34N3O5P. The van der Waals surface area contributed by atoms with Crippen LogP contribution in [0, 0.1) is 6.92 Å². The lowest BCUT2D eigenvalue weighted by molar-refractivity contribution is 0.138. The van der Waals surface area contributed by atoms with Crippen molar-refractivity contribution < 1.29 is 18.3 Å². The van der Waals surface area contributed by atoms with E-state index in [-0.39, 0.29) is 17.8 Å². The number of para-hydroxylation sites is 1. The van der Waals surface area contributed by atoms with Gasteiger partial charge >= 0.3 is 7.60 Å². The summed E-state index contributed by atoms with van der Waals surface area (Å²) in [6, 6.07) is 16.5. The third-order valence-electron chi connectivity index (χ3n) is 5.30. The highest BCUT2D eigenvalue weighted by atomic mass is 31.2. The third kappa shape index (κ3) is 5.46. The van der Waals surface area contributed by atoms with E-state index in [9.17, 15) is 9.36 Å². The van der Waals surface area contributed by atoms with Gasteiger partial charge in [0, 0.05) is 7.05 Å². The Labute approximate surface area is 201 Å². The van der Waals surface area contributed by atoms with Gasteiger partial charge in [-0.15, -0.1) is 0 Å². The molecule has 0 aliphatic carbocycles. The van der Waals surface area contributed by atoms with Gasteiger partial charge in [0.05, 0.1) is 30.7 Å². The lowest BCUT2D eigenvalue weighted by Gasteiger charge is -2.31. The summed E-state index contributed by atoms with van der Waals surface area (Å²) in [5.74, 6) is -0.254. The molecule has 0 saturated carbocycles. The van der Waals surface area contributed by atoms with Crippen molar-refractivity contribution in [2.75, 3.05) is 12.4 Å². The zero-order valence-corrected chi connectivity index (χ0v) is 21.7. The second kappa shape index (κ2) is 10.6. The van der Waals surface area contributed by atoms with Crippen molar-refractivity contribution in [3.05, 3.63) is 76.2 Å². The number of nitrogens with one attached hydrogen (secondary N) is 1. The highest BCUT2D eigenvalue weighted by molar-refractivity contribution is 7.54. The zero-order chi connectivity index (χ0) is 25.0. The minimum absolute atomic E-state index is 0.259. The van der Waals surface area contributed by atoms with Gasteiger partial charge in [0.25, 0.3) is 5.56 Å². The largest absolute Gasteiger partial charge is 0.497 e. The van der Waals surface area contributed by atoms with Gasteiger partial charge in [0.15, 0.2) is 5.78 Å². The van der Waals surface area contributed by atoms with E-state index in [1.54, 1.807) is 68.4 Å². The monoisotopic (exact) mass is 487 g/mol. The molecule has 1 unspecified atom stereocenters. The van der Waals surface area contributed by atoms with Crippen molar-refractivity contribution in [1.82, 2.24) is 9.36 Å². The average Bonchev–Trinajstić information content (AvgIpc) is 2.99. The van der Waals surface area contributed by atoms with E-state index in [1.807, 2.05) is 44.3 Å². The number of ether oxygens (including phenoxy) is 1. The molecule has 0 bridgehead atoms. The van der Waals surface area contributed by atoms with Crippen LogP contribution in [0.5, 0.6) is 5.75 Å². The fraction of sp³-hybridized carbons (Fsp3) is 0.400. The molecule has 8 nitrogen and oxygen atoms in total. The predicted octanol–water partition coefficient (Wildman–Crippen LogP) is 5.65. The minimum Gasteiger partial charge on any atom is -0.497 e. The molecule has 1 N–H and O–H groups in total. The predicted molar refractivity (Wildman–Crippen MR) is 135 cm³/mol. The van der Waals surface area contributed by atoms with Gasteiger partial charge < -0.3 is 19.1 Å². The Balaban J connectivity index is 2.16. The van der Waals surface area contributed by atoms with Crippen LogP contribution in [-0.2, 0) is 20.7 Å². The molecule has 0 saturated heterocycles. The van der Waals surface area contributed by atoms with E-state index in [4.69, 9.17) is 13.8 Å². The van der Waals surface area contributed by atoms with Crippen LogP contribution >= 0.6 is 7.60 Å². The van der Waals surface area contributed by atoms with Gasteiger partial charge in [-0.25, -0.2) is 4.68 Å². The second-order valence-electron chi connectivity index (χ2n) is 8.60. The first-order valence-corrected chi connectivity index (χ1v) is 12.9. The molecule has 2 aromatic carbocycles. The summed E-state index contributed by atoms with van der Waals surface area (Å²) < 4.78 is 34.7. The number of nitrogens with zero attached hydrogens (tertiary/aromatic N) is 2. The highest BCUT2D eigenvalue weighted by Crippen LogP contribution is 2.62. The fourth-order valence-electron chi connectivity index (χ4n) is 3.74. The summed E-state index contributed by atoms with van der Waals surface area (Å²) in [6.07, 6.45) is -0.713. The van der Waals surface area contributed by atoms with Crippen LogP contribution in [0.1, 0.15) is 44.7 Å². The van der Waals surface area contributed by atoms with Crippen LogP contribution in [-0.4, -0.2) is 28.7 Å². The van der Waals surface area contributed by atoms with Gasteiger partial charge in [-0.3, -0.25) is 14.0 Å². The quantitative estimate of drug-likeness (QED) is 0.372. The van der Waals surface area contributed by atoms with E-state index < -0.39 is 13.4 Å². The molecule has 3 rings (SSSR count). The number of aromatic nitrogens is 2. The third-order valence-corrected chi connectivity index (χ3v) is 7.79. The molecule has 0 fully saturated rings. The van der Waals surface area contributed by atoms with Crippen LogP contribution in [0.25, 0.3) is 5.69 Å². The first kappa shape index (κ1) is 25.8. The lowest BCUT2D eigenvalue weighted by atomic mass is 10.2. The van der Waals surface area contributed by atoms with E-state index in [2.05, 4.69) is 5.32 Å². The molecule has 0 radical (unpaired) electrons. The summed E-state index contributed by atoms with van der Waals surface area (Å²) >= 11 is 0. The van der Waals surface area contributed by atoms with Gasteiger partial charge in [-0.2, -0.15) is 0 Å². The van der Waals surface area contributed by atoms with Crippen molar-refractivity contribution in [3.8, 4) is 11.4 Å². The maximum Gasteiger partial charge on any atom is 0.357 e. The maximum atomic E-state index is 14.2. The number of methoxy groups -OCH3 is 1. The molecule has 1 aromatic heterocycles. The topological polar surface area (TPSA) is 83.7 Å². The number of benzene rings is 2. The number of hydrogen-bond donors (Lipinski definition) is 1. The molecule has 0 amide bonds. The lowest BCUT2D eigenvalue weighted by Crippen LogP contribution is -2.24. The maximum absolute atomic E-state index is 14.2. The number of anilines is 1. The standard InChI is InChI=1S/C25H34N3O5P/c1-17(2)32-34(30,33-18(3)4)24(20-13-15-22(31-7)16-14-20)26-23-19(5)27(6)28(25(23)29)21-11-9-8-10-12-21/h8-18,24,26H,1-7H3. The molecule has 1 atom stereocenters. The van der Waals surface area contributed by atoms with Crippen LogP contribution in [0.3, 0.4) is 0 Å². The summed E-state index contributed by atoms with van der Waals surface area (Å²) in [5.41, 5.74) is 2.14. The Morgan fingerprint density at radius 2 is 1.47 bits per heavy atom. The summed E-state index contributed by atoms with van der Waals surface area (Å²) in [4.78, 5) is 13.5. The number of rotatable bonds is 10. The van der Waals surface area contributed by atoms with Gasteiger partial charge in [0.2, 0.25) is 0 Å². The summed E-state index contributed by atoms with van der Waals surface area (Å²) in [6.45, 7) is 9.05. The van der Waals surface area contributed by atoms with Crippen LogP contribution < -0.4 is 15.6 Å². The normalized spacial score (nSPS) is 12.9. The van der Waals surface area contributed by atoms with E-state index in [0.29, 0.717) is 22.7 Å². The molecule has 0 aliphatic rings. The van der Waals surface area contributed by atoms with E-state index >= 15 is 0 Å². The molecule has 184 valence electrons. The Kier molecular flexibility index (Phi) is 8.08. The first-order valence-electron chi connectivity index (χ1n) is 11.3. The van der Waals surface area contributed by atoms with Crippen molar-refractivity contribution in [2.24, 2.45) is 7.05 Å². The molecule has 9 heteroatoms. The van der Waals surface area contributed by atoms with Crippen molar-refractivity contribution >= 4 is 13.3 Å². The molecule has 0 aliphatic heterocycles. The number of hydrogen-bond acceptors (Lipinski definition) is 6. The summed E-state index contributed by atoms with van der Waals surface area (Å²) in [5, 5.41) is 3.24. The van der Waals surface area contributed by atoms with E-state index in [0.717, 1.165) is 5.69 Å². The van der Waals surface area contributed by atoms with Crippen molar-refractivity contribution in [3.63, 3.8) is 0 Å². The molecule has 0 spiro atoms. The van der Waals surface area contributed by atoms with Gasteiger partial charge in [0.1, 0.15) is 11.4 Å². The summed E-state index contributed by atoms with van der Waals surface area (Å²) in [7, 11) is -0.386. The Bertz CT molecular complexity index is 1190. The highest BCUT2D eigenvalue weighted by Gasteiger charge is 2.40. The minimum atomic E-state index is -3.78. The average molecular weight is 488 g/mol. The second-order valence-corrected chi connectivity index (χ2v) is 10.6. The molecule has 34 heavy (non-hydrogen) atoms. The Hall–Kier alpha value is -2.80. The van der Waals surface area contributed by atoms with Crippen LogP contribution in [0.2, 0.25) is 0 Å². The van der Waals surface area contributed by atoms with Crippen molar-refractivity contribution in [1.29, 1.82) is 0 Å². The Morgan fingerprint density at radius 3 is 1.97 bits per heavy atom. The smallest absolute Gasteiger partial charge is 0.357 e.